The molecule has 0 spiro atoms. The summed E-state index contributed by atoms with van der Waals surface area (Å²) in [6.07, 6.45) is 3.44. The van der Waals surface area contributed by atoms with Gasteiger partial charge in [0, 0.05) is 31.2 Å². The first-order valence-electron chi connectivity index (χ1n) is 7.47. The van der Waals surface area contributed by atoms with Crippen molar-refractivity contribution in [3.05, 3.63) is 35.4 Å². The molecular weight excluding hydrogens is 274 g/mol. The summed E-state index contributed by atoms with van der Waals surface area (Å²) in [5.74, 6) is -1.70. The Labute approximate surface area is 123 Å². The second-order valence-electron chi connectivity index (χ2n) is 6.12. The van der Waals surface area contributed by atoms with E-state index in [4.69, 9.17) is 0 Å². The first kappa shape index (κ1) is 14.6. The minimum Gasteiger partial charge on any atom is -0.299 e. The Balaban J connectivity index is 1.67. The van der Waals surface area contributed by atoms with Gasteiger partial charge in [-0.3, -0.25) is 14.6 Å². The summed E-state index contributed by atoms with van der Waals surface area (Å²) in [6, 6.07) is 4.24. The van der Waals surface area contributed by atoms with E-state index in [1.165, 1.54) is 12.5 Å². The van der Waals surface area contributed by atoms with Gasteiger partial charge < -0.3 is 0 Å². The molecule has 2 heterocycles. The Morgan fingerprint density at radius 3 is 2.76 bits per heavy atom. The summed E-state index contributed by atoms with van der Waals surface area (Å²) in [7, 11) is 2.15. The van der Waals surface area contributed by atoms with E-state index in [-0.39, 0.29) is 17.9 Å². The number of hydrogen-bond acceptors (Lipinski definition) is 3. The number of carbonyl (C=O) groups excluding carboxylic acids is 1. The number of fused-ring (bicyclic) bond motifs is 2. The zero-order valence-corrected chi connectivity index (χ0v) is 12.2. The Kier molecular flexibility index (Phi) is 4.04. The SMILES string of the molecule is CN1C2CCC1CN(CC(=O)c1ccc(F)cc1F)CC2. The molecule has 3 rings (SSSR count). The lowest BCUT2D eigenvalue weighted by Crippen LogP contribution is -2.39. The molecule has 2 aliphatic heterocycles. The van der Waals surface area contributed by atoms with Gasteiger partial charge >= 0.3 is 0 Å². The predicted molar refractivity (Wildman–Crippen MR) is 76.3 cm³/mol. The average Bonchev–Trinajstić information content (AvgIpc) is 2.67. The van der Waals surface area contributed by atoms with E-state index in [0.717, 1.165) is 38.1 Å². The maximum atomic E-state index is 13.7. The summed E-state index contributed by atoms with van der Waals surface area (Å²) < 4.78 is 26.6. The summed E-state index contributed by atoms with van der Waals surface area (Å²) in [5.41, 5.74) is -0.0147. The number of likely N-dealkylation sites (tertiary alicyclic amines) is 1. The highest BCUT2D eigenvalue weighted by Gasteiger charge is 2.35. The van der Waals surface area contributed by atoms with Gasteiger partial charge in [0.2, 0.25) is 0 Å². The fourth-order valence-corrected chi connectivity index (χ4v) is 3.53. The quantitative estimate of drug-likeness (QED) is 0.799. The standard InChI is InChI=1S/C16H20F2N2O/c1-19-12-3-4-13(19)9-20(7-6-12)10-16(21)14-5-2-11(17)8-15(14)18/h2,5,8,12-13H,3-4,6-7,9-10H2,1H3. The molecule has 3 nitrogen and oxygen atoms in total. The molecule has 114 valence electrons. The number of ketones is 1. The van der Waals surface area contributed by atoms with Gasteiger partial charge in [0.25, 0.3) is 0 Å². The summed E-state index contributed by atoms with van der Waals surface area (Å²) in [5, 5.41) is 0. The Morgan fingerprint density at radius 1 is 1.24 bits per heavy atom. The number of Topliss-reactive ketones (excluding diaryl/α,β-unsaturated/α-hetero) is 1. The van der Waals surface area contributed by atoms with Gasteiger partial charge in [-0.15, -0.1) is 0 Å². The molecule has 2 fully saturated rings. The number of carbonyl (C=O) groups is 1. The number of halogens is 2. The minimum atomic E-state index is -0.770. The molecule has 0 amide bonds. The van der Waals surface area contributed by atoms with Gasteiger partial charge in [0.1, 0.15) is 11.6 Å². The van der Waals surface area contributed by atoms with Crippen molar-refractivity contribution in [2.45, 2.75) is 31.3 Å². The lowest BCUT2D eigenvalue weighted by atomic mass is 10.1. The van der Waals surface area contributed by atoms with Crippen molar-refractivity contribution in [3.8, 4) is 0 Å². The van der Waals surface area contributed by atoms with Gasteiger partial charge in [0.15, 0.2) is 5.78 Å². The Bertz CT molecular complexity index is 549. The zero-order chi connectivity index (χ0) is 15.0. The molecule has 0 aliphatic carbocycles. The van der Waals surface area contributed by atoms with Gasteiger partial charge in [0.05, 0.1) is 12.1 Å². The minimum absolute atomic E-state index is 0.0147. The van der Waals surface area contributed by atoms with E-state index < -0.39 is 11.6 Å². The summed E-state index contributed by atoms with van der Waals surface area (Å²) in [4.78, 5) is 16.7. The van der Waals surface area contributed by atoms with Crippen LogP contribution in [0, 0.1) is 11.6 Å². The molecule has 0 aromatic heterocycles. The third kappa shape index (κ3) is 2.99. The molecule has 2 saturated heterocycles. The van der Waals surface area contributed by atoms with Crippen LogP contribution in [0.1, 0.15) is 29.6 Å². The van der Waals surface area contributed by atoms with Crippen LogP contribution in [0.25, 0.3) is 0 Å². The van der Waals surface area contributed by atoms with E-state index in [1.807, 2.05) is 0 Å². The van der Waals surface area contributed by atoms with Crippen LogP contribution in [0.2, 0.25) is 0 Å². The predicted octanol–water partition coefficient (Wildman–Crippen LogP) is 2.32. The summed E-state index contributed by atoms with van der Waals surface area (Å²) in [6.45, 7) is 1.92. The molecule has 2 aliphatic rings. The maximum Gasteiger partial charge on any atom is 0.179 e. The van der Waals surface area contributed by atoms with E-state index in [0.29, 0.717) is 12.1 Å². The molecule has 1 aromatic rings. The zero-order valence-electron chi connectivity index (χ0n) is 12.2. The second-order valence-corrected chi connectivity index (χ2v) is 6.12. The van der Waals surface area contributed by atoms with Crippen LogP contribution in [0.15, 0.2) is 18.2 Å². The Hall–Kier alpha value is -1.33. The van der Waals surface area contributed by atoms with E-state index in [1.54, 1.807) is 0 Å². The van der Waals surface area contributed by atoms with Crippen LogP contribution in [-0.2, 0) is 0 Å². The van der Waals surface area contributed by atoms with E-state index >= 15 is 0 Å². The molecule has 0 N–H and O–H groups in total. The van der Waals surface area contributed by atoms with Crippen molar-refractivity contribution < 1.29 is 13.6 Å². The van der Waals surface area contributed by atoms with Crippen molar-refractivity contribution in [3.63, 3.8) is 0 Å². The van der Waals surface area contributed by atoms with Crippen LogP contribution in [-0.4, -0.2) is 54.3 Å². The normalized spacial score (nSPS) is 26.8. The van der Waals surface area contributed by atoms with Gasteiger partial charge in [-0.25, -0.2) is 8.78 Å². The number of likely N-dealkylation sites (N-methyl/N-ethyl adjacent to an activating group) is 1. The average molecular weight is 294 g/mol. The number of nitrogens with zero attached hydrogens (tertiary/aromatic N) is 2. The van der Waals surface area contributed by atoms with Crippen LogP contribution < -0.4 is 0 Å². The third-order valence-electron chi connectivity index (χ3n) is 4.83. The van der Waals surface area contributed by atoms with Crippen molar-refractivity contribution >= 4 is 5.78 Å². The smallest absolute Gasteiger partial charge is 0.179 e. The molecular formula is C16H20F2N2O. The topological polar surface area (TPSA) is 23.6 Å². The van der Waals surface area contributed by atoms with Crippen molar-refractivity contribution in [1.29, 1.82) is 0 Å². The molecule has 0 saturated carbocycles. The van der Waals surface area contributed by atoms with Crippen molar-refractivity contribution in [1.82, 2.24) is 9.80 Å². The first-order valence-corrected chi connectivity index (χ1v) is 7.47. The third-order valence-corrected chi connectivity index (χ3v) is 4.83. The van der Waals surface area contributed by atoms with Crippen molar-refractivity contribution in [2.24, 2.45) is 0 Å². The lowest BCUT2D eigenvalue weighted by Gasteiger charge is -2.25. The largest absolute Gasteiger partial charge is 0.299 e. The molecule has 21 heavy (non-hydrogen) atoms. The molecule has 2 bridgehead atoms. The van der Waals surface area contributed by atoms with E-state index in [9.17, 15) is 13.6 Å². The monoisotopic (exact) mass is 294 g/mol. The Morgan fingerprint density at radius 2 is 2.00 bits per heavy atom. The lowest BCUT2D eigenvalue weighted by molar-refractivity contribution is 0.0919. The van der Waals surface area contributed by atoms with E-state index in [2.05, 4.69) is 16.8 Å². The fraction of sp³-hybridized carbons (Fsp3) is 0.562. The van der Waals surface area contributed by atoms with Crippen LogP contribution in [0.5, 0.6) is 0 Å². The second kappa shape index (κ2) is 5.81. The highest BCUT2D eigenvalue weighted by Crippen LogP contribution is 2.28. The number of benzene rings is 1. The van der Waals surface area contributed by atoms with Gasteiger partial charge in [-0.1, -0.05) is 0 Å². The highest BCUT2D eigenvalue weighted by molar-refractivity contribution is 5.97. The molecule has 2 unspecified atom stereocenters. The molecule has 0 radical (unpaired) electrons. The van der Waals surface area contributed by atoms with Crippen LogP contribution in [0.3, 0.4) is 0 Å². The van der Waals surface area contributed by atoms with Crippen LogP contribution in [0.4, 0.5) is 8.78 Å². The molecule has 2 atom stereocenters. The van der Waals surface area contributed by atoms with Crippen molar-refractivity contribution in [2.75, 3.05) is 26.7 Å². The molecule has 1 aromatic carbocycles. The van der Waals surface area contributed by atoms with Gasteiger partial charge in [-0.2, -0.15) is 0 Å². The first-order chi connectivity index (χ1) is 10.0. The molecule has 5 heteroatoms. The number of hydrogen-bond donors (Lipinski definition) is 0. The van der Waals surface area contributed by atoms with Crippen LogP contribution >= 0.6 is 0 Å². The maximum absolute atomic E-state index is 13.7. The fourth-order valence-electron chi connectivity index (χ4n) is 3.53. The van der Waals surface area contributed by atoms with Gasteiger partial charge in [-0.05, 0) is 38.4 Å². The highest BCUT2D eigenvalue weighted by atomic mass is 19.1. The number of rotatable bonds is 3. The summed E-state index contributed by atoms with van der Waals surface area (Å²) >= 11 is 0.